The zero-order valence-electron chi connectivity index (χ0n) is 15.8. The number of esters is 2. The van der Waals surface area contributed by atoms with Crippen LogP contribution >= 0.6 is 15.9 Å². The molecule has 1 aliphatic carbocycles. The summed E-state index contributed by atoms with van der Waals surface area (Å²) < 4.78 is 17.9. The van der Waals surface area contributed by atoms with Crippen LogP contribution in [-0.4, -0.2) is 36.4 Å². The topological polar surface area (TPSA) is 65.1 Å². The first-order valence-electron chi connectivity index (χ1n) is 9.55. The van der Waals surface area contributed by atoms with Gasteiger partial charge >= 0.3 is 11.9 Å². The molecule has 2 aliphatic heterocycles. The number of carbonyl (C=O) groups excluding carboxylic acids is 2. The first-order valence-corrected chi connectivity index (χ1v) is 10.3. The molecular formula is C22H23BrO5. The lowest BCUT2D eigenvalue weighted by Crippen LogP contribution is -2.29. The van der Waals surface area contributed by atoms with Gasteiger partial charge in [0.2, 0.25) is 0 Å². The highest BCUT2D eigenvalue weighted by Gasteiger charge is 2.61. The molecule has 1 aromatic rings. The molecule has 0 spiro atoms. The predicted molar refractivity (Wildman–Crippen MR) is 107 cm³/mol. The van der Waals surface area contributed by atoms with Crippen molar-refractivity contribution < 1.29 is 23.8 Å². The van der Waals surface area contributed by atoms with Gasteiger partial charge in [0.25, 0.3) is 0 Å². The van der Waals surface area contributed by atoms with Crippen LogP contribution in [0.4, 0.5) is 0 Å². The fourth-order valence-electron chi connectivity index (χ4n) is 4.08. The second-order valence-electron chi connectivity index (χ2n) is 7.88. The highest BCUT2D eigenvalue weighted by Crippen LogP contribution is 2.49. The second-order valence-corrected chi connectivity index (χ2v) is 8.79. The Morgan fingerprint density at radius 3 is 2.86 bits per heavy atom. The van der Waals surface area contributed by atoms with Gasteiger partial charge in [-0.05, 0) is 62.4 Å². The summed E-state index contributed by atoms with van der Waals surface area (Å²) in [7, 11) is 0. The summed E-state index contributed by atoms with van der Waals surface area (Å²) in [4.78, 5) is 24.3. The number of allylic oxidation sites excluding steroid dienone is 1. The fraction of sp³-hybridized carbons (Fsp3) is 0.455. The van der Waals surface area contributed by atoms with Gasteiger partial charge < -0.3 is 14.2 Å². The molecule has 2 saturated heterocycles. The van der Waals surface area contributed by atoms with Crippen molar-refractivity contribution in [2.24, 2.45) is 5.92 Å². The number of hydrogen-bond acceptors (Lipinski definition) is 5. The summed E-state index contributed by atoms with van der Waals surface area (Å²) in [5.41, 5.74) is 1.84. The van der Waals surface area contributed by atoms with E-state index in [1.807, 2.05) is 12.1 Å². The third-order valence-electron chi connectivity index (χ3n) is 5.91. The Kier molecular flexibility index (Phi) is 5.19. The maximum absolute atomic E-state index is 12.3. The van der Waals surface area contributed by atoms with E-state index < -0.39 is 0 Å². The number of fused-ring (bicyclic) bond motifs is 3. The van der Waals surface area contributed by atoms with Crippen molar-refractivity contribution in [1.82, 2.24) is 0 Å². The summed E-state index contributed by atoms with van der Waals surface area (Å²) in [6, 6.07) is 7.09. The first-order chi connectivity index (χ1) is 13.4. The molecule has 6 heteroatoms. The molecule has 4 rings (SSSR count). The number of carbonyl (C=O) groups is 2. The van der Waals surface area contributed by atoms with E-state index in [0.717, 1.165) is 35.7 Å². The van der Waals surface area contributed by atoms with Crippen LogP contribution < -0.4 is 0 Å². The Balaban J connectivity index is 1.43. The minimum absolute atomic E-state index is 0.0501. The number of benzene rings is 1. The number of epoxide rings is 1. The van der Waals surface area contributed by atoms with Gasteiger partial charge in [-0.1, -0.05) is 28.6 Å². The zero-order valence-corrected chi connectivity index (χ0v) is 17.4. The SMILES string of the molecule is C=C1C(=O)O[C@H]2[C@H]1CC/C(COC(=O)c1ccc(Br)cc1)=C\CC[C@@]1(C)O[C@@H]21. The molecule has 4 atom stereocenters. The van der Waals surface area contributed by atoms with E-state index in [4.69, 9.17) is 14.2 Å². The van der Waals surface area contributed by atoms with Crippen LogP contribution in [0, 0.1) is 5.92 Å². The lowest BCUT2D eigenvalue weighted by atomic mass is 9.84. The summed E-state index contributed by atoms with van der Waals surface area (Å²) in [6.07, 6.45) is 4.97. The average molecular weight is 447 g/mol. The van der Waals surface area contributed by atoms with Crippen LogP contribution in [0.3, 0.4) is 0 Å². The van der Waals surface area contributed by atoms with E-state index in [9.17, 15) is 9.59 Å². The Morgan fingerprint density at radius 1 is 1.36 bits per heavy atom. The maximum atomic E-state index is 12.3. The van der Waals surface area contributed by atoms with Crippen molar-refractivity contribution in [3.05, 3.63) is 58.1 Å². The molecule has 2 heterocycles. The second kappa shape index (κ2) is 7.48. The van der Waals surface area contributed by atoms with Gasteiger partial charge in [-0.2, -0.15) is 0 Å². The zero-order chi connectivity index (χ0) is 19.9. The van der Waals surface area contributed by atoms with Crippen LogP contribution in [0.1, 0.15) is 43.0 Å². The van der Waals surface area contributed by atoms with Crippen LogP contribution in [0.15, 0.2) is 52.5 Å². The summed E-state index contributed by atoms with van der Waals surface area (Å²) in [5.74, 6) is -0.716. The van der Waals surface area contributed by atoms with Crippen molar-refractivity contribution in [3.8, 4) is 0 Å². The van der Waals surface area contributed by atoms with E-state index >= 15 is 0 Å². The van der Waals surface area contributed by atoms with Crippen LogP contribution in [0.5, 0.6) is 0 Å². The van der Waals surface area contributed by atoms with Gasteiger partial charge in [-0.15, -0.1) is 0 Å². The molecule has 0 amide bonds. The standard InChI is InChI=1S/C22H23BrO5/c1-13-17-10-5-14(12-26-21(25)15-6-8-16(23)9-7-15)4-3-11-22(2)19(28-22)18(17)27-20(13)24/h4,6-9,17-19H,1,3,5,10-12H2,2H3/b14-4+/t17-,18-,19-,22+/m0/s1. The molecule has 0 unspecified atom stereocenters. The number of rotatable bonds is 3. The third-order valence-corrected chi connectivity index (χ3v) is 6.44. The molecule has 0 bridgehead atoms. The van der Waals surface area contributed by atoms with Crippen LogP contribution in [-0.2, 0) is 19.0 Å². The highest BCUT2D eigenvalue weighted by atomic mass is 79.9. The van der Waals surface area contributed by atoms with Gasteiger partial charge in [0.15, 0.2) is 0 Å². The molecule has 1 aromatic carbocycles. The van der Waals surface area contributed by atoms with Crippen LogP contribution in [0.25, 0.3) is 0 Å². The predicted octanol–water partition coefficient (Wildman–Crippen LogP) is 4.36. The van der Waals surface area contributed by atoms with Crippen molar-refractivity contribution in [3.63, 3.8) is 0 Å². The van der Waals surface area contributed by atoms with Gasteiger partial charge in [0.1, 0.15) is 18.8 Å². The van der Waals surface area contributed by atoms with E-state index in [0.29, 0.717) is 11.1 Å². The molecule has 0 N–H and O–H groups in total. The molecule has 0 saturated carbocycles. The van der Waals surface area contributed by atoms with Crippen LogP contribution in [0.2, 0.25) is 0 Å². The smallest absolute Gasteiger partial charge is 0.338 e. The minimum atomic E-state index is -0.343. The first kappa shape index (κ1) is 19.4. The van der Waals surface area contributed by atoms with Gasteiger partial charge in [0, 0.05) is 16.0 Å². The highest BCUT2D eigenvalue weighted by molar-refractivity contribution is 9.10. The largest absolute Gasteiger partial charge is 0.458 e. The van der Waals surface area contributed by atoms with E-state index in [1.54, 1.807) is 12.1 Å². The summed E-state index contributed by atoms with van der Waals surface area (Å²) in [6.45, 7) is 6.24. The average Bonchev–Trinajstić information content (AvgIpc) is 3.26. The van der Waals surface area contributed by atoms with E-state index in [-0.39, 0.29) is 42.3 Å². The van der Waals surface area contributed by atoms with Crippen molar-refractivity contribution in [2.45, 2.75) is 50.4 Å². The van der Waals surface area contributed by atoms with Crippen molar-refractivity contribution >= 4 is 27.9 Å². The molecule has 0 aromatic heterocycles. The molecule has 2 fully saturated rings. The normalized spacial score (nSPS) is 33.8. The fourth-order valence-corrected chi connectivity index (χ4v) is 4.34. The summed E-state index contributed by atoms with van der Waals surface area (Å²) in [5, 5.41) is 0. The van der Waals surface area contributed by atoms with Gasteiger partial charge in [-0.3, -0.25) is 0 Å². The minimum Gasteiger partial charge on any atom is -0.458 e. The van der Waals surface area contributed by atoms with Gasteiger partial charge in [0.05, 0.1) is 11.2 Å². The van der Waals surface area contributed by atoms with Crippen molar-refractivity contribution in [1.29, 1.82) is 0 Å². The Hall–Kier alpha value is -1.92. The number of hydrogen-bond donors (Lipinski definition) is 0. The molecule has 3 aliphatic rings. The van der Waals surface area contributed by atoms with E-state index in [1.165, 1.54) is 0 Å². The molecule has 28 heavy (non-hydrogen) atoms. The monoisotopic (exact) mass is 446 g/mol. The maximum Gasteiger partial charge on any atom is 0.338 e. The molecule has 148 valence electrons. The summed E-state index contributed by atoms with van der Waals surface area (Å²) >= 11 is 3.36. The Labute approximate surface area is 172 Å². The van der Waals surface area contributed by atoms with Gasteiger partial charge in [-0.25, -0.2) is 9.59 Å². The Morgan fingerprint density at radius 2 is 2.11 bits per heavy atom. The lowest BCUT2D eigenvalue weighted by Gasteiger charge is -2.20. The lowest BCUT2D eigenvalue weighted by molar-refractivity contribution is -0.140. The molecule has 5 nitrogen and oxygen atoms in total. The van der Waals surface area contributed by atoms with E-state index in [2.05, 4.69) is 35.5 Å². The quantitative estimate of drug-likeness (QED) is 0.298. The Bertz CT molecular complexity index is 843. The number of halogens is 1. The molecular weight excluding hydrogens is 424 g/mol. The molecule has 0 radical (unpaired) electrons. The van der Waals surface area contributed by atoms with Crippen molar-refractivity contribution in [2.75, 3.05) is 6.61 Å². The third kappa shape index (κ3) is 3.80. The number of ether oxygens (including phenoxy) is 3.